The molecule has 2 heterocycles. The van der Waals surface area contributed by atoms with Crippen molar-refractivity contribution in [1.29, 1.82) is 0 Å². The van der Waals surface area contributed by atoms with Gasteiger partial charge in [-0.3, -0.25) is 0 Å². The first-order valence-corrected chi connectivity index (χ1v) is 10.8. The van der Waals surface area contributed by atoms with E-state index in [4.69, 9.17) is 0 Å². The molecule has 0 fully saturated rings. The first-order chi connectivity index (χ1) is 13.9. The van der Waals surface area contributed by atoms with Crippen molar-refractivity contribution in [2.75, 3.05) is 0 Å². The van der Waals surface area contributed by atoms with Crippen LogP contribution in [0.2, 0.25) is 0 Å². The maximum absolute atomic E-state index is 10.9. The molecule has 14 heteroatoms. The van der Waals surface area contributed by atoms with E-state index < -0.39 is 19.9 Å². The molecular formula is C18H21F6N4O2PRu. The summed E-state index contributed by atoms with van der Waals surface area (Å²) in [4.78, 5) is 10.9. The minimum Gasteiger partial charge on any atom is -0.546 e. The fourth-order valence-corrected chi connectivity index (χ4v) is 2.14. The number of hydrogen-bond donors (Lipinski definition) is 0. The number of halogens is 6. The van der Waals surface area contributed by atoms with Crippen LogP contribution in [-0.2, 0) is 24.3 Å². The second-order valence-corrected chi connectivity index (χ2v) is 8.61. The van der Waals surface area contributed by atoms with E-state index >= 15 is 0 Å². The van der Waals surface area contributed by atoms with Crippen molar-refractivity contribution in [1.82, 2.24) is 19.6 Å². The van der Waals surface area contributed by atoms with E-state index in [2.05, 4.69) is 55.2 Å². The standard InChI is InChI=1S/C10H14.C8H8N4O2.F6P.Ru/c1-8(2)10-6-4-9(3)5-7-10;13-8(14)7(11-5-1-3-9-11)12-6-2-4-10-12;1-7(2,3,4,5)6;/h4-8H,1-3H3;1-7H,(H,13,14);;/q;;-1;+2/p-1. The van der Waals surface area contributed by atoms with Crippen molar-refractivity contribution < 1.29 is 54.6 Å². The number of aryl methyl sites for hydroxylation is 1. The minimum atomic E-state index is -10.7. The Morgan fingerprint density at radius 2 is 1.28 bits per heavy atom. The van der Waals surface area contributed by atoms with Gasteiger partial charge >= 0.3 is 52.5 Å². The predicted molar refractivity (Wildman–Crippen MR) is 103 cm³/mol. The van der Waals surface area contributed by atoms with E-state index in [1.165, 1.54) is 32.9 Å². The van der Waals surface area contributed by atoms with E-state index in [1.54, 1.807) is 24.5 Å². The van der Waals surface area contributed by atoms with Crippen LogP contribution >= 0.6 is 7.81 Å². The van der Waals surface area contributed by atoms with Gasteiger partial charge in [0.2, 0.25) is 0 Å². The quantitative estimate of drug-likeness (QED) is 0.240. The molecule has 0 atom stereocenters. The van der Waals surface area contributed by atoms with E-state index in [9.17, 15) is 35.1 Å². The monoisotopic (exact) mass is 572 g/mol. The molecule has 0 aliphatic carbocycles. The normalized spacial score (nSPS) is 13.0. The molecule has 0 N–H and O–H groups in total. The van der Waals surface area contributed by atoms with Crippen LogP contribution in [0.25, 0.3) is 0 Å². The van der Waals surface area contributed by atoms with Crippen LogP contribution in [0, 0.1) is 6.92 Å². The number of aromatic nitrogens is 4. The van der Waals surface area contributed by atoms with Crippen molar-refractivity contribution in [3.63, 3.8) is 0 Å². The van der Waals surface area contributed by atoms with Gasteiger partial charge in [-0.25, -0.2) is 9.36 Å². The zero-order chi connectivity index (χ0) is 23.9. The summed E-state index contributed by atoms with van der Waals surface area (Å²) in [5, 5.41) is 18.5. The molecule has 180 valence electrons. The molecule has 3 aromatic rings. The number of carbonyl (C=O) groups excluding carboxylic acids is 1. The number of rotatable bonds is 4. The number of carboxylic acid groups (broad SMARTS) is 1. The summed E-state index contributed by atoms with van der Waals surface area (Å²) in [6, 6.07) is 12.0. The van der Waals surface area contributed by atoms with E-state index in [-0.39, 0.29) is 19.5 Å². The van der Waals surface area contributed by atoms with Crippen LogP contribution in [0.5, 0.6) is 0 Å². The van der Waals surface area contributed by atoms with Crippen molar-refractivity contribution in [3.8, 4) is 0 Å². The summed E-state index contributed by atoms with van der Waals surface area (Å²) in [7, 11) is -10.7. The van der Waals surface area contributed by atoms with Gasteiger partial charge in [0.1, 0.15) is 0 Å². The summed E-state index contributed by atoms with van der Waals surface area (Å²) in [5.74, 6) is -0.599. The van der Waals surface area contributed by atoms with Gasteiger partial charge in [-0.15, -0.1) is 0 Å². The van der Waals surface area contributed by atoms with Crippen LogP contribution in [0.4, 0.5) is 25.2 Å². The summed E-state index contributed by atoms with van der Waals surface area (Å²) < 4.78 is 61.7. The molecule has 2 aromatic heterocycles. The number of benzene rings is 1. The van der Waals surface area contributed by atoms with Crippen LogP contribution in [-0.4, -0.2) is 25.5 Å². The number of hydrogen-bond acceptors (Lipinski definition) is 4. The molecule has 3 rings (SSSR count). The molecule has 6 nitrogen and oxygen atoms in total. The predicted octanol–water partition coefficient (Wildman–Crippen LogP) is 5.37. The van der Waals surface area contributed by atoms with Gasteiger partial charge in [0.05, 0.1) is 5.97 Å². The Morgan fingerprint density at radius 1 is 0.906 bits per heavy atom. The van der Waals surface area contributed by atoms with Gasteiger partial charge in [0.15, 0.2) is 6.17 Å². The second-order valence-electron chi connectivity index (χ2n) is 6.69. The van der Waals surface area contributed by atoms with Gasteiger partial charge < -0.3 is 9.90 Å². The van der Waals surface area contributed by atoms with Gasteiger partial charge in [0, 0.05) is 24.8 Å². The second kappa shape index (κ2) is 10.6. The summed E-state index contributed by atoms with van der Waals surface area (Å²) in [6.07, 6.45) is 5.06. The molecular weight excluding hydrogens is 550 g/mol. The largest absolute Gasteiger partial charge is 2.00 e. The van der Waals surface area contributed by atoms with Crippen LogP contribution < -0.4 is 5.11 Å². The van der Waals surface area contributed by atoms with Crippen molar-refractivity contribution in [2.24, 2.45) is 0 Å². The molecule has 0 unspecified atom stereocenters. The Balaban J connectivity index is 0.000000474. The van der Waals surface area contributed by atoms with Crippen LogP contribution in [0.3, 0.4) is 0 Å². The molecule has 1 aromatic carbocycles. The molecule has 0 aliphatic heterocycles. The average molecular weight is 571 g/mol. The maximum atomic E-state index is 10.9. The zero-order valence-corrected chi connectivity index (χ0v) is 19.7. The third kappa shape index (κ3) is 13.9. The Kier molecular flexibility index (Phi) is 9.83. The van der Waals surface area contributed by atoms with E-state index in [0.29, 0.717) is 5.92 Å². The maximum Gasteiger partial charge on any atom is 2.00 e. The number of aliphatic carboxylic acids is 1. The zero-order valence-electron chi connectivity index (χ0n) is 17.1. The molecule has 0 amide bonds. The number of carboxylic acids is 1. The molecule has 0 saturated heterocycles. The SMILES string of the molecule is Cc1ccc(C(C)C)cc1.F[P-](F)(F)(F)(F)F.O=C([O-])C(n1cccn1)n1cccn1.[Ru+2]. The van der Waals surface area contributed by atoms with Crippen molar-refractivity contribution in [2.45, 2.75) is 32.9 Å². The van der Waals surface area contributed by atoms with Gasteiger partial charge in [0.25, 0.3) is 0 Å². The summed E-state index contributed by atoms with van der Waals surface area (Å²) >= 11 is 0. The minimum absolute atomic E-state index is 0. The Labute approximate surface area is 193 Å². The topological polar surface area (TPSA) is 75.8 Å². The molecule has 0 spiro atoms. The average Bonchev–Trinajstić information content (AvgIpc) is 3.27. The number of nitrogens with zero attached hydrogens (tertiary/aromatic N) is 4. The first kappa shape index (κ1) is 29.7. The molecule has 0 saturated carbocycles. The van der Waals surface area contributed by atoms with Gasteiger partial charge in [-0.05, 0) is 30.5 Å². The van der Waals surface area contributed by atoms with Gasteiger partial charge in [-0.1, -0.05) is 43.7 Å². The fraction of sp³-hybridized carbons (Fsp3) is 0.278. The summed E-state index contributed by atoms with van der Waals surface area (Å²) in [6.45, 7) is 6.54. The van der Waals surface area contributed by atoms with Gasteiger partial charge in [-0.2, -0.15) is 10.2 Å². The smallest absolute Gasteiger partial charge is 0.546 e. The van der Waals surface area contributed by atoms with E-state index in [0.717, 1.165) is 0 Å². The van der Waals surface area contributed by atoms with Crippen molar-refractivity contribution in [3.05, 3.63) is 72.3 Å². The molecule has 0 radical (unpaired) electrons. The van der Waals surface area contributed by atoms with Crippen LogP contribution in [0.1, 0.15) is 37.1 Å². The van der Waals surface area contributed by atoms with Crippen molar-refractivity contribution >= 4 is 13.8 Å². The van der Waals surface area contributed by atoms with Crippen LogP contribution in [0.15, 0.2) is 61.2 Å². The molecule has 0 aliphatic rings. The third-order valence-corrected chi connectivity index (χ3v) is 3.51. The Morgan fingerprint density at radius 3 is 1.53 bits per heavy atom. The Hall–Kier alpha value is -2.26. The van der Waals surface area contributed by atoms with E-state index in [1.807, 2.05) is 0 Å². The fourth-order valence-electron chi connectivity index (χ4n) is 2.14. The molecule has 0 bridgehead atoms. The summed E-state index contributed by atoms with van der Waals surface area (Å²) in [5.41, 5.74) is 2.76. The first-order valence-electron chi connectivity index (χ1n) is 8.76. The Bertz CT molecular complexity index is 903. The number of carbonyl (C=O) groups is 1. The third-order valence-electron chi connectivity index (χ3n) is 3.51. The molecule has 32 heavy (non-hydrogen) atoms.